The van der Waals surface area contributed by atoms with Crippen molar-refractivity contribution in [2.75, 3.05) is 7.05 Å². The lowest BCUT2D eigenvalue weighted by molar-refractivity contribution is 0.519. The van der Waals surface area contributed by atoms with Gasteiger partial charge in [-0.15, -0.1) is 0 Å². The van der Waals surface area contributed by atoms with Gasteiger partial charge in [0.1, 0.15) is 0 Å². The topological polar surface area (TPSA) is 29.9 Å². The van der Waals surface area contributed by atoms with Gasteiger partial charge in [0.25, 0.3) is 0 Å². The number of nitrogens with zero attached hydrogens (tertiary/aromatic N) is 2. The van der Waals surface area contributed by atoms with Crippen LogP contribution in [0.3, 0.4) is 0 Å². The quantitative estimate of drug-likeness (QED) is 0.803. The van der Waals surface area contributed by atoms with Crippen LogP contribution in [0.25, 0.3) is 0 Å². The average Bonchev–Trinajstić information content (AvgIpc) is 2.82. The Morgan fingerprint density at radius 2 is 2.00 bits per heavy atom. The van der Waals surface area contributed by atoms with Crippen molar-refractivity contribution in [3.8, 4) is 0 Å². The van der Waals surface area contributed by atoms with E-state index in [0.717, 1.165) is 0 Å². The summed E-state index contributed by atoms with van der Waals surface area (Å²) in [5.41, 5.74) is 2.97. The minimum Gasteiger partial charge on any atom is -0.310 e. The molecule has 84 valence electrons. The van der Waals surface area contributed by atoms with Crippen molar-refractivity contribution in [1.29, 1.82) is 0 Å². The summed E-state index contributed by atoms with van der Waals surface area (Å²) in [6, 6.07) is 0. The Hall–Kier alpha value is -0.830. The zero-order chi connectivity index (χ0) is 11.3. The van der Waals surface area contributed by atoms with Crippen LogP contribution in [0.15, 0.2) is 6.20 Å². The fraction of sp³-hybridized carbons (Fsp3) is 0.750. The lowest BCUT2D eigenvalue weighted by Gasteiger charge is -2.21. The molecule has 1 aliphatic rings. The zero-order valence-electron chi connectivity index (χ0n) is 10.4. The molecule has 1 aliphatic carbocycles. The standard InChI is InChI=1S/C12H21N3/c1-11(2,3)10-9(8-15(5)14-10)12(13-4)6-7-12/h8,13H,6-7H2,1-5H3. The summed E-state index contributed by atoms with van der Waals surface area (Å²) < 4.78 is 1.94. The van der Waals surface area contributed by atoms with Crippen LogP contribution in [0.5, 0.6) is 0 Å². The van der Waals surface area contributed by atoms with Gasteiger partial charge in [0.2, 0.25) is 0 Å². The molecule has 0 bridgehead atoms. The maximum absolute atomic E-state index is 4.61. The maximum atomic E-state index is 4.61. The first-order valence-corrected chi connectivity index (χ1v) is 5.62. The molecule has 0 aliphatic heterocycles. The summed E-state index contributed by atoms with van der Waals surface area (Å²) in [6.45, 7) is 6.68. The third-order valence-corrected chi connectivity index (χ3v) is 3.28. The minimum absolute atomic E-state index is 0.128. The van der Waals surface area contributed by atoms with E-state index in [9.17, 15) is 0 Å². The first-order valence-electron chi connectivity index (χ1n) is 5.62. The third kappa shape index (κ3) is 1.69. The highest BCUT2D eigenvalue weighted by Gasteiger charge is 2.46. The van der Waals surface area contributed by atoms with Crippen LogP contribution in [0.4, 0.5) is 0 Å². The van der Waals surface area contributed by atoms with Gasteiger partial charge in [0.15, 0.2) is 0 Å². The van der Waals surface area contributed by atoms with Gasteiger partial charge in [-0.1, -0.05) is 20.8 Å². The molecule has 1 aromatic rings. The second kappa shape index (κ2) is 3.08. The van der Waals surface area contributed by atoms with Crippen LogP contribution in [-0.2, 0) is 18.0 Å². The summed E-state index contributed by atoms with van der Waals surface area (Å²) in [5.74, 6) is 0. The van der Waals surface area contributed by atoms with Gasteiger partial charge in [0, 0.05) is 29.8 Å². The average molecular weight is 207 g/mol. The molecule has 0 spiro atoms. The molecule has 0 saturated heterocycles. The third-order valence-electron chi connectivity index (χ3n) is 3.28. The van der Waals surface area contributed by atoms with Crippen LogP contribution in [0.2, 0.25) is 0 Å². The molecule has 1 N–H and O–H groups in total. The molecule has 0 aromatic carbocycles. The zero-order valence-corrected chi connectivity index (χ0v) is 10.4. The Bertz CT molecular complexity index is 367. The summed E-state index contributed by atoms with van der Waals surface area (Å²) in [4.78, 5) is 0. The van der Waals surface area contributed by atoms with Gasteiger partial charge in [-0.05, 0) is 19.9 Å². The molecular formula is C12H21N3. The van der Waals surface area contributed by atoms with Gasteiger partial charge < -0.3 is 5.32 Å². The summed E-state index contributed by atoms with van der Waals surface area (Å²) >= 11 is 0. The van der Waals surface area contributed by atoms with Gasteiger partial charge in [0.05, 0.1) is 5.69 Å². The van der Waals surface area contributed by atoms with E-state index < -0.39 is 0 Å². The molecule has 0 unspecified atom stereocenters. The van der Waals surface area contributed by atoms with E-state index in [-0.39, 0.29) is 11.0 Å². The predicted molar refractivity (Wildman–Crippen MR) is 61.9 cm³/mol. The van der Waals surface area contributed by atoms with Crippen LogP contribution in [0.1, 0.15) is 44.9 Å². The van der Waals surface area contributed by atoms with E-state index in [1.807, 2.05) is 18.8 Å². The van der Waals surface area contributed by atoms with E-state index in [1.54, 1.807) is 0 Å². The highest BCUT2D eigenvalue weighted by atomic mass is 15.3. The molecule has 0 radical (unpaired) electrons. The Balaban J connectivity index is 2.47. The lowest BCUT2D eigenvalue weighted by atomic mass is 9.87. The molecule has 15 heavy (non-hydrogen) atoms. The van der Waals surface area contributed by atoms with Crippen LogP contribution < -0.4 is 5.32 Å². The SMILES string of the molecule is CNC1(c2cn(C)nc2C(C)(C)C)CC1. The molecule has 0 amide bonds. The normalized spacial score (nSPS) is 19.3. The summed E-state index contributed by atoms with van der Waals surface area (Å²) in [5, 5.41) is 8.05. The molecule has 1 fully saturated rings. The molecule has 0 atom stereocenters. The molecule has 1 heterocycles. The first kappa shape index (κ1) is 10.7. The number of rotatable bonds is 2. The van der Waals surface area contributed by atoms with E-state index in [4.69, 9.17) is 0 Å². The second-order valence-electron chi connectivity index (χ2n) is 5.65. The molecule has 1 aromatic heterocycles. The van der Waals surface area contributed by atoms with E-state index in [2.05, 4.69) is 37.4 Å². The largest absolute Gasteiger partial charge is 0.310 e. The van der Waals surface area contributed by atoms with Crippen molar-refractivity contribution in [1.82, 2.24) is 15.1 Å². The maximum Gasteiger partial charge on any atom is 0.0728 e. The van der Waals surface area contributed by atoms with Gasteiger partial charge >= 0.3 is 0 Å². The van der Waals surface area contributed by atoms with Gasteiger partial charge in [-0.3, -0.25) is 4.68 Å². The first-order chi connectivity index (χ1) is 6.89. The highest BCUT2D eigenvalue weighted by molar-refractivity contribution is 5.35. The molecule has 2 rings (SSSR count). The lowest BCUT2D eigenvalue weighted by Crippen LogP contribution is -2.28. The van der Waals surface area contributed by atoms with Crippen LogP contribution in [-0.4, -0.2) is 16.8 Å². The summed E-state index contributed by atoms with van der Waals surface area (Å²) in [6.07, 6.45) is 4.64. The van der Waals surface area contributed by atoms with Crippen molar-refractivity contribution in [3.63, 3.8) is 0 Å². The van der Waals surface area contributed by atoms with Gasteiger partial charge in [-0.25, -0.2) is 0 Å². The Morgan fingerprint density at radius 1 is 1.40 bits per heavy atom. The molecule has 1 saturated carbocycles. The van der Waals surface area contributed by atoms with Crippen molar-refractivity contribution in [2.45, 2.75) is 44.6 Å². The van der Waals surface area contributed by atoms with E-state index in [1.165, 1.54) is 24.1 Å². The van der Waals surface area contributed by atoms with Crippen LogP contribution >= 0.6 is 0 Å². The number of hydrogen-bond donors (Lipinski definition) is 1. The Morgan fingerprint density at radius 3 is 2.40 bits per heavy atom. The second-order valence-corrected chi connectivity index (χ2v) is 5.65. The van der Waals surface area contributed by atoms with Crippen molar-refractivity contribution in [2.24, 2.45) is 7.05 Å². The number of aryl methyl sites for hydroxylation is 1. The molecule has 3 nitrogen and oxygen atoms in total. The van der Waals surface area contributed by atoms with Crippen molar-refractivity contribution < 1.29 is 0 Å². The van der Waals surface area contributed by atoms with Gasteiger partial charge in [-0.2, -0.15) is 5.10 Å². The number of aromatic nitrogens is 2. The predicted octanol–water partition coefficient (Wildman–Crippen LogP) is 1.93. The highest BCUT2D eigenvalue weighted by Crippen LogP contribution is 2.47. The Kier molecular flexibility index (Phi) is 2.19. The van der Waals surface area contributed by atoms with Crippen molar-refractivity contribution in [3.05, 3.63) is 17.5 Å². The summed E-state index contributed by atoms with van der Waals surface area (Å²) in [7, 11) is 4.05. The number of hydrogen-bond acceptors (Lipinski definition) is 2. The molecular weight excluding hydrogens is 186 g/mol. The van der Waals surface area contributed by atoms with Crippen LogP contribution in [0, 0.1) is 0 Å². The number of nitrogens with one attached hydrogen (secondary N) is 1. The fourth-order valence-electron chi connectivity index (χ4n) is 2.17. The van der Waals surface area contributed by atoms with E-state index in [0.29, 0.717) is 0 Å². The molecule has 3 heteroatoms. The van der Waals surface area contributed by atoms with E-state index >= 15 is 0 Å². The minimum atomic E-state index is 0.128. The fourth-order valence-corrected chi connectivity index (χ4v) is 2.17. The monoisotopic (exact) mass is 207 g/mol. The van der Waals surface area contributed by atoms with Crippen molar-refractivity contribution >= 4 is 0 Å². The smallest absolute Gasteiger partial charge is 0.0728 e. The Labute approximate surface area is 91.9 Å².